The van der Waals surface area contributed by atoms with Crippen LogP contribution in [0.5, 0.6) is 0 Å². The number of quaternary nitrogens is 2. The van der Waals surface area contributed by atoms with Crippen molar-refractivity contribution in [1.82, 2.24) is 0 Å². The first kappa shape index (κ1) is 34.5. The number of nitrogens with zero attached hydrogens (tertiary/aromatic N) is 2. The normalized spacial score (nSPS) is 18.4. The van der Waals surface area contributed by atoms with Crippen molar-refractivity contribution in [3.63, 3.8) is 0 Å². The second-order valence-electron chi connectivity index (χ2n) is 11.5. The predicted molar refractivity (Wildman–Crippen MR) is 149 cm³/mol. The lowest BCUT2D eigenvalue weighted by Gasteiger charge is -2.37. The number of likely N-dealkylation sites (N-methyl/N-ethyl adjacent to an activating group) is 2. The van der Waals surface area contributed by atoms with Crippen LogP contribution in [0, 0.1) is 0 Å². The van der Waals surface area contributed by atoms with Gasteiger partial charge in [-0.2, -0.15) is 0 Å². The Labute approximate surface area is 280 Å². The molecule has 2 N–H and O–H groups in total. The third-order valence-corrected chi connectivity index (χ3v) is 8.48. The van der Waals surface area contributed by atoms with E-state index in [4.69, 9.17) is 9.47 Å². The third kappa shape index (κ3) is 7.75. The van der Waals surface area contributed by atoms with Gasteiger partial charge in [-0.3, -0.25) is 19.2 Å². The number of fused-ring (bicyclic) bond motifs is 2. The molecule has 12 heteroatoms. The summed E-state index contributed by atoms with van der Waals surface area (Å²) in [5, 5.41) is 5.75. The van der Waals surface area contributed by atoms with Gasteiger partial charge in [0.15, 0.2) is 11.6 Å². The van der Waals surface area contributed by atoms with Crippen LogP contribution < -0.4 is 58.6 Å². The Morgan fingerprint density at radius 2 is 1.05 bits per heavy atom. The zero-order valence-corrected chi connectivity index (χ0v) is 28.4. The van der Waals surface area contributed by atoms with Crippen molar-refractivity contribution in [3.05, 3.63) is 58.7 Å². The van der Waals surface area contributed by atoms with Gasteiger partial charge in [-0.05, 0) is 12.1 Å². The van der Waals surface area contributed by atoms with E-state index in [1.165, 1.54) is 0 Å². The van der Waals surface area contributed by atoms with Crippen molar-refractivity contribution >= 4 is 34.8 Å². The summed E-state index contributed by atoms with van der Waals surface area (Å²) >= 11 is 0. The Morgan fingerprint density at radius 1 is 0.667 bits per heavy atom. The Hall–Kier alpha value is -1.98. The highest BCUT2D eigenvalue weighted by molar-refractivity contribution is 6.32. The van der Waals surface area contributed by atoms with E-state index >= 15 is 0 Å². The number of hydrogen-bond donors (Lipinski definition) is 2. The molecule has 0 spiro atoms. The summed E-state index contributed by atoms with van der Waals surface area (Å²) in [6, 6.07) is 9.83. The molecule has 2 heterocycles. The Morgan fingerprint density at radius 3 is 1.43 bits per heavy atom. The lowest BCUT2D eigenvalue weighted by molar-refractivity contribution is -0.916. The van der Waals surface area contributed by atoms with E-state index in [1.807, 2.05) is 0 Å². The van der Waals surface area contributed by atoms with E-state index < -0.39 is 5.78 Å². The van der Waals surface area contributed by atoms with Gasteiger partial charge in [0.1, 0.15) is 26.2 Å². The minimum Gasteiger partial charge on any atom is -1.00 e. The molecule has 10 nitrogen and oxygen atoms in total. The molecule has 0 saturated carbocycles. The maximum absolute atomic E-state index is 13.9. The van der Waals surface area contributed by atoms with Crippen molar-refractivity contribution in [2.24, 2.45) is 0 Å². The SMILES string of the molecule is C[N+]1(CCC(=O)Nc2cccc3c2C(=O)c2c(NC(=O)CC[N+]4(C)CCOCC4)cccc2C3=O)CCOCC1.[I-].[I-]. The Kier molecular flexibility index (Phi) is 12.0. The van der Waals surface area contributed by atoms with Crippen LogP contribution in [0.15, 0.2) is 36.4 Å². The number of carbonyl (C=O) groups excluding carboxylic acids is 4. The van der Waals surface area contributed by atoms with E-state index in [0.717, 1.165) is 35.1 Å². The molecule has 228 valence electrons. The van der Waals surface area contributed by atoms with Gasteiger partial charge in [0, 0.05) is 11.1 Å². The number of carbonyl (C=O) groups is 4. The number of ether oxygens (including phenoxy) is 2. The molecule has 2 aromatic rings. The lowest BCUT2D eigenvalue weighted by Crippen LogP contribution is -3.00. The van der Waals surface area contributed by atoms with Crippen molar-refractivity contribution in [2.45, 2.75) is 12.8 Å². The zero-order valence-electron chi connectivity index (χ0n) is 24.0. The summed E-state index contributed by atoms with van der Waals surface area (Å²) in [5.41, 5.74) is 1.43. The zero-order chi connectivity index (χ0) is 28.3. The highest BCUT2D eigenvalue weighted by Crippen LogP contribution is 2.35. The molecule has 3 aliphatic rings. The second-order valence-corrected chi connectivity index (χ2v) is 11.5. The summed E-state index contributed by atoms with van der Waals surface area (Å²) in [7, 11) is 4.22. The number of benzene rings is 2. The number of ketones is 2. The third-order valence-electron chi connectivity index (χ3n) is 8.48. The highest BCUT2D eigenvalue weighted by Gasteiger charge is 2.35. The molecule has 2 saturated heterocycles. The Balaban J connectivity index is 0.00000242. The molecule has 0 bridgehead atoms. The molecule has 0 unspecified atom stereocenters. The van der Waals surface area contributed by atoms with Gasteiger partial charge in [0.2, 0.25) is 11.8 Å². The van der Waals surface area contributed by atoms with E-state index in [-0.39, 0.29) is 101 Å². The fourth-order valence-electron chi connectivity index (χ4n) is 5.63. The van der Waals surface area contributed by atoms with Crippen LogP contribution in [0.2, 0.25) is 0 Å². The number of anilines is 2. The van der Waals surface area contributed by atoms with E-state index in [2.05, 4.69) is 24.7 Å². The van der Waals surface area contributed by atoms with Gasteiger partial charge in [-0.1, -0.05) is 24.3 Å². The van der Waals surface area contributed by atoms with Gasteiger partial charge in [0.25, 0.3) is 0 Å². The average molecular weight is 804 g/mol. The maximum atomic E-state index is 13.9. The maximum Gasteiger partial charge on any atom is 0.230 e. The van der Waals surface area contributed by atoms with E-state index in [1.54, 1.807) is 36.4 Å². The summed E-state index contributed by atoms with van der Waals surface area (Å²) in [5.74, 6) is -1.14. The Bertz CT molecular complexity index is 1240. The quantitative estimate of drug-likeness (QED) is 0.178. The van der Waals surface area contributed by atoms with Crippen LogP contribution in [0.1, 0.15) is 44.7 Å². The van der Waals surface area contributed by atoms with Crippen molar-refractivity contribution in [3.8, 4) is 0 Å². The molecule has 0 atom stereocenters. The molecule has 2 aromatic carbocycles. The number of hydrogen-bond acceptors (Lipinski definition) is 6. The second kappa shape index (κ2) is 14.7. The largest absolute Gasteiger partial charge is 1.00 e. The smallest absolute Gasteiger partial charge is 0.230 e. The number of nitrogens with one attached hydrogen (secondary N) is 2. The van der Waals surface area contributed by atoms with Crippen LogP contribution in [0.25, 0.3) is 0 Å². The summed E-state index contributed by atoms with van der Waals surface area (Å²) < 4.78 is 12.4. The molecule has 2 aliphatic heterocycles. The molecule has 1 aliphatic carbocycles. The molecule has 2 fully saturated rings. The van der Waals surface area contributed by atoms with E-state index in [9.17, 15) is 19.2 Å². The average Bonchev–Trinajstić information content (AvgIpc) is 2.94. The van der Waals surface area contributed by atoms with Crippen molar-refractivity contribution < 1.29 is 85.6 Å². The standard InChI is InChI=1S/C30H36N4O6.2HI/c1-33(13-17-39-18-14-33)11-9-25(35)31-23-7-3-5-21-27(23)30(38)28-22(29(21)37)6-4-8-24(28)32-26(36)10-12-34(2)15-19-40-20-16-34;;/h3-8H,9-20H2,1-2H3;2*1H. The summed E-state index contributed by atoms with van der Waals surface area (Å²) in [6.07, 6.45) is 0.563. The van der Waals surface area contributed by atoms with Gasteiger partial charge in [-0.25, -0.2) is 0 Å². The highest BCUT2D eigenvalue weighted by atomic mass is 127. The lowest BCUT2D eigenvalue weighted by atomic mass is 9.82. The topological polar surface area (TPSA) is 111 Å². The molecule has 42 heavy (non-hydrogen) atoms. The number of morpholine rings is 2. The minimum absolute atomic E-state index is 0. The minimum atomic E-state index is -0.393. The van der Waals surface area contributed by atoms with Gasteiger partial charge >= 0.3 is 0 Å². The van der Waals surface area contributed by atoms with Crippen LogP contribution in [0.4, 0.5) is 11.4 Å². The molecular formula is C30H38I2N4O6. The van der Waals surface area contributed by atoms with E-state index in [0.29, 0.717) is 50.9 Å². The first-order valence-electron chi connectivity index (χ1n) is 14.0. The molecule has 0 radical (unpaired) electrons. The fraction of sp³-hybridized carbons (Fsp3) is 0.467. The molecular weight excluding hydrogens is 766 g/mol. The van der Waals surface area contributed by atoms with Crippen LogP contribution in [0.3, 0.4) is 0 Å². The molecule has 5 rings (SSSR count). The molecule has 0 aromatic heterocycles. The monoisotopic (exact) mass is 804 g/mol. The number of amides is 2. The number of rotatable bonds is 8. The van der Waals surface area contributed by atoms with Gasteiger partial charge < -0.3 is 77.0 Å². The first-order chi connectivity index (χ1) is 19.2. The number of halogens is 2. The van der Waals surface area contributed by atoms with Crippen LogP contribution >= 0.6 is 0 Å². The van der Waals surface area contributed by atoms with Crippen LogP contribution in [-0.4, -0.2) is 112 Å². The van der Waals surface area contributed by atoms with Crippen molar-refractivity contribution in [2.75, 3.05) is 90.4 Å². The van der Waals surface area contributed by atoms with Crippen molar-refractivity contribution in [1.29, 1.82) is 0 Å². The van der Waals surface area contributed by atoms with Gasteiger partial charge in [0.05, 0.1) is 89.0 Å². The van der Waals surface area contributed by atoms with Gasteiger partial charge in [-0.15, -0.1) is 0 Å². The summed E-state index contributed by atoms with van der Waals surface area (Å²) in [6.45, 7) is 7.38. The predicted octanol–water partition coefficient (Wildman–Crippen LogP) is -3.92. The first-order valence-corrected chi connectivity index (χ1v) is 14.0. The van der Waals surface area contributed by atoms with Crippen LogP contribution in [-0.2, 0) is 19.1 Å². The summed E-state index contributed by atoms with van der Waals surface area (Å²) in [4.78, 5) is 53.2. The fourth-order valence-corrected chi connectivity index (χ4v) is 5.63. The molecule has 2 amide bonds.